The number of hydrogen-bond donors (Lipinski definition) is 1. The van der Waals surface area contributed by atoms with E-state index in [0.717, 1.165) is 12.8 Å². The Morgan fingerprint density at radius 3 is 2.57 bits per heavy atom. The van der Waals surface area contributed by atoms with Gasteiger partial charge < -0.3 is 10.1 Å². The number of amides is 1. The van der Waals surface area contributed by atoms with Crippen molar-refractivity contribution in [3.63, 3.8) is 0 Å². The number of rotatable bonds is 9. The summed E-state index contributed by atoms with van der Waals surface area (Å²) in [6.07, 6.45) is 8.58. The summed E-state index contributed by atoms with van der Waals surface area (Å²) in [4.78, 5) is 24.1. The van der Waals surface area contributed by atoms with Crippen LogP contribution in [0.15, 0.2) is 30.3 Å². The fourth-order valence-corrected chi connectivity index (χ4v) is 2.95. The molecule has 0 bridgehead atoms. The number of nitrogens with one attached hydrogen (secondary N) is 1. The van der Waals surface area contributed by atoms with Crippen LogP contribution in [0.5, 0.6) is 0 Å². The number of carbonyl (C=O) groups excluding carboxylic acids is 2. The van der Waals surface area contributed by atoms with Gasteiger partial charge in [-0.05, 0) is 25.0 Å². The Morgan fingerprint density at radius 2 is 1.83 bits per heavy atom. The van der Waals surface area contributed by atoms with Crippen LogP contribution in [0, 0.1) is 5.92 Å². The number of para-hydroxylation sites is 1. The molecule has 0 aromatic heterocycles. The summed E-state index contributed by atoms with van der Waals surface area (Å²) in [5.74, 6) is -1.30. The van der Waals surface area contributed by atoms with Crippen molar-refractivity contribution in [2.75, 3.05) is 5.32 Å². The number of hydrogen-bond acceptors (Lipinski definition) is 3. The summed E-state index contributed by atoms with van der Waals surface area (Å²) >= 11 is 0. The van der Waals surface area contributed by atoms with E-state index in [4.69, 9.17) is 4.74 Å². The molecule has 23 heavy (non-hydrogen) atoms. The van der Waals surface area contributed by atoms with Crippen LogP contribution in [0.2, 0.25) is 0 Å². The van der Waals surface area contributed by atoms with Gasteiger partial charge in [0.15, 0.2) is 0 Å². The van der Waals surface area contributed by atoms with Gasteiger partial charge in [0, 0.05) is 12.1 Å². The summed E-state index contributed by atoms with van der Waals surface area (Å²) in [7, 11) is 0. The molecule has 1 amide bonds. The average Bonchev–Trinajstić information content (AvgIpc) is 2.93. The van der Waals surface area contributed by atoms with Crippen LogP contribution < -0.4 is 5.32 Å². The Morgan fingerprint density at radius 1 is 1.13 bits per heavy atom. The van der Waals surface area contributed by atoms with Crippen molar-refractivity contribution in [2.24, 2.45) is 5.92 Å². The smallest absolute Gasteiger partial charge is 0.318 e. The molecule has 1 fully saturated rings. The molecule has 1 aromatic carbocycles. The average molecular weight is 317 g/mol. The maximum Gasteiger partial charge on any atom is 0.318 e. The Hall–Kier alpha value is -1.84. The Labute approximate surface area is 138 Å². The molecule has 2 atom stereocenters. The molecule has 126 valence electrons. The lowest BCUT2D eigenvalue weighted by Crippen LogP contribution is -2.26. The van der Waals surface area contributed by atoms with Crippen molar-refractivity contribution >= 4 is 17.6 Å². The van der Waals surface area contributed by atoms with E-state index in [-0.39, 0.29) is 18.0 Å². The first-order valence-electron chi connectivity index (χ1n) is 8.77. The number of carbonyl (C=O) groups is 2. The molecule has 1 N–H and O–H groups in total. The first-order chi connectivity index (χ1) is 11.2. The molecule has 1 aliphatic rings. The van der Waals surface area contributed by atoms with Crippen LogP contribution in [-0.4, -0.2) is 18.0 Å². The molecular weight excluding hydrogens is 290 g/mol. The molecular formula is C19H27NO3. The fourth-order valence-electron chi connectivity index (χ4n) is 2.95. The van der Waals surface area contributed by atoms with Crippen LogP contribution in [0.25, 0.3) is 0 Å². The second-order valence-corrected chi connectivity index (χ2v) is 6.26. The molecule has 0 saturated carbocycles. The third-order valence-corrected chi connectivity index (χ3v) is 4.30. The van der Waals surface area contributed by atoms with E-state index in [1.807, 2.05) is 30.3 Å². The van der Waals surface area contributed by atoms with Crippen LogP contribution in [-0.2, 0) is 14.3 Å². The third kappa shape index (κ3) is 5.70. The van der Waals surface area contributed by atoms with Crippen molar-refractivity contribution in [1.82, 2.24) is 0 Å². The normalized spacial score (nSPS) is 20.3. The fraction of sp³-hybridized carbons (Fsp3) is 0.579. The Balaban J connectivity index is 1.71. The lowest BCUT2D eigenvalue weighted by Gasteiger charge is -2.08. The number of anilines is 1. The second-order valence-electron chi connectivity index (χ2n) is 6.26. The molecule has 2 rings (SSSR count). The highest BCUT2D eigenvalue weighted by Gasteiger charge is 2.39. The van der Waals surface area contributed by atoms with Gasteiger partial charge in [-0.15, -0.1) is 0 Å². The van der Waals surface area contributed by atoms with E-state index in [1.165, 1.54) is 32.1 Å². The maximum atomic E-state index is 12.2. The second kappa shape index (κ2) is 9.33. The Bertz CT molecular complexity index is 501. The van der Waals surface area contributed by atoms with E-state index in [2.05, 4.69) is 12.2 Å². The first-order valence-corrected chi connectivity index (χ1v) is 8.77. The van der Waals surface area contributed by atoms with Crippen molar-refractivity contribution in [3.05, 3.63) is 30.3 Å². The van der Waals surface area contributed by atoms with Gasteiger partial charge >= 0.3 is 5.97 Å². The molecule has 1 saturated heterocycles. The number of cyclic esters (lactones) is 1. The summed E-state index contributed by atoms with van der Waals surface area (Å²) in [6, 6.07) is 9.21. The monoisotopic (exact) mass is 317 g/mol. The van der Waals surface area contributed by atoms with Crippen LogP contribution in [0.4, 0.5) is 5.69 Å². The van der Waals surface area contributed by atoms with E-state index < -0.39 is 5.92 Å². The van der Waals surface area contributed by atoms with E-state index in [0.29, 0.717) is 12.1 Å². The molecule has 4 nitrogen and oxygen atoms in total. The van der Waals surface area contributed by atoms with Crippen molar-refractivity contribution in [2.45, 2.75) is 64.4 Å². The van der Waals surface area contributed by atoms with Crippen LogP contribution >= 0.6 is 0 Å². The Kier molecular flexibility index (Phi) is 7.11. The standard InChI is InChI=1S/C19H27NO3/c1-2-3-4-5-6-10-13-16-14-17(19(22)23-16)18(21)20-15-11-8-7-9-12-15/h7-9,11-12,16-17H,2-6,10,13-14H2,1H3,(H,20,21)/t16-,17+/m1/s1. The van der Waals surface area contributed by atoms with Gasteiger partial charge in [0.25, 0.3) is 0 Å². The van der Waals surface area contributed by atoms with Crippen molar-refractivity contribution in [3.8, 4) is 0 Å². The van der Waals surface area contributed by atoms with Gasteiger partial charge in [0.1, 0.15) is 12.0 Å². The lowest BCUT2D eigenvalue weighted by atomic mass is 10.00. The van der Waals surface area contributed by atoms with Crippen LogP contribution in [0.3, 0.4) is 0 Å². The van der Waals surface area contributed by atoms with E-state index >= 15 is 0 Å². The SMILES string of the molecule is CCCCCCCC[C@@H]1C[C@@H](C(=O)Nc2ccccc2)C(=O)O1. The highest BCUT2D eigenvalue weighted by atomic mass is 16.6. The molecule has 0 unspecified atom stereocenters. The number of esters is 1. The molecule has 1 heterocycles. The van der Waals surface area contributed by atoms with Gasteiger partial charge in [-0.1, -0.05) is 57.2 Å². The predicted octanol–water partition coefficient (Wildman–Crippen LogP) is 4.31. The number of unbranched alkanes of at least 4 members (excludes halogenated alkanes) is 5. The lowest BCUT2D eigenvalue weighted by molar-refractivity contribution is -0.146. The van der Waals surface area contributed by atoms with Gasteiger partial charge in [-0.2, -0.15) is 0 Å². The number of ether oxygens (including phenoxy) is 1. The molecule has 0 spiro atoms. The highest BCUT2D eigenvalue weighted by molar-refractivity contribution is 6.05. The zero-order valence-electron chi connectivity index (χ0n) is 13.9. The van der Waals surface area contributed by atoms with Gasteiger partial charge in [0.05, 0.1) is 0 Å². The van der Waals surface area contributed by atoms with E-state index in [1.54, 1.807) is 0 Å². The predicted molar refractivity (Wildman–Crippen MR) is 91.1 cm³/mol. The topological polar surface area (TPSA) is 55.4 Å². The molecule has 4 heteroatoms. The quantitative estimate of drug-likeness (QED) is 0.419. The maximum absolute atomic E-state index is 12.2. The molecule has 1 aromatic rings. The van der Waals surface area contributed by atoms with Gasteiger partial charge in [0.2, 0.25) is 5.91 Å². The minimum absolute atomic E-state index is 0.0970. The summed E-state index contributed by atoms with van der Waals surface area (Å²) in [5, 5.41) is 2.79. The van der Waals surface area contributed by atoms with Crippen molar-refractivity contribution in [1.29, 1.82) is 0 Å². The van der Waals surface area contributed by atoms with Gasteiger partial charge in [-0.25, -0.2) is 0 Å². The highest BCUT2D eigenvalue weighted by Crippen LogP contribution is 2.26. The zero-order chi connectivity index (χ0) is 16.5. The molecule has 1 aliphatic heterocycles. The summed E-state index contributed by atoms with van der Waals surface area (Å²) in [5.41, 5.74) is 0.713. The molecule has 0 aliphatic carbocycles. The minimum atomic E-state index is -0.666. The largest absolute Gasteiger partial charge is 0.462 e. The number of benzene rings is 1. The van der Waals surface area contributed by atoms with Gasteiger partial charge in [-0.3, -0.25) is 9.59 Å². The van der Waals surface area contributed by atoms with E-state index in [9.17, 15) is 9.59 Å². The van der Waals surface area contributed by atoms with Crippen LogP contribution in [0.1, 0.15) is 58.3 Å². The zero-order valence-corrected chi connectivity index (χ0v) is 13.9. The third-order valence-electron chi connectivity index (χ3n) is 4.30. The first kappa shape index (κ1) is 17.5. The summed E-state index contributed by atoms with van der Waals surface area (Å²) < 4.78 is 5.36. The summed E-state index contributed by atoms with van der Waals surface area (Å²) in [6.45, 7) is 2.21. The minimum Gasteiger partial charge on any atom is -0.462 e. The van der Waals surface area contributed by atoms with Crippen molar-refractivity contribution < 1.29 is 14.3 Å². The molecule has 0 radical (unpaired) electrons.